The first-order valence-electron chi connectivity index (χ1n) is 4.27. The molecular weight excluding hydrogens is 328 g/mol. The van der Waals surface area contributed by atoms with E-state index in [0.29, 0.717) is 9.26 Å². The zero-order chi connectivity index (χ0) is 12.1. The first kappa shape index (κ1) is 12.7. The summed E-state index contributed by atoms with van der Waals surface area (Å²) in [4.78, 5) is 21.4. The lowest BCUT2D eigenvalue weighted by Gasteiger charge is -2.07. The van der Waals surface area contributed by atoms with E-state index in [1.165, 1.54) is 18.2 Å². The molecule has 0 fully saturated rings. The van der Waals surface area contributed by atoms with Gasteiger partial charge in [0.25, 0.3) is 0 Å². The van der Waals surface area contributed by atoms with Crippen LogP contribution >= 0.6 is 22.6 Å². The molecule has 1 aromatic carbocycles. The molecule has 1 rings (SSSR count). The van der Waals surface area contributed by atoms with Gasteiger partial charge in [-0.3, -0.25) is 10.1 Å². The lowest BCUT2D eigenvalue weighted by atomic mass is 10.3. The molecule has 0 aliphatic rings. The van der Waals surface area contributed by atoms with Crippen molar-refractivity contribution in [3.8, 4) is 0 Å². The summed E-state index contributed by atoms with van der Waals surface area (Å²) in [5.41, 5.74) is 5.37. The summed E-state index contributed by atoms with van der Waals surface area (Å²) < 4.78 is 13.4. The number of imide groups is 1. The number of nitrogens with two attached hydrogens (primary N) is 1. The van der Waals surface area contributed by atoms with Crippen LogP contribution in [-0.2, 0) is 4.79 Å². The van der Waals surface area contributed by atoms with Crippen LogP contribution in [0.3, 0.4) is 0 Å². The normalized spacial score (nSPS) is 9.62. The highest BCUT2D eigenvalue weighted by Crippen LogP contribution is 2.18. The van der Waals surface area contributed by atoms with Crippen LogP contribution in [0.5, 0.6) is 0 Å². The Labute approximate surface area is 105 Å². The van der Waals surface area contributed by atoms with Crippen LogP contribution in [0.4, 0.5) is 14.9 Å². The number of hydrogen-bond acceptors (Lipinski definition) is 3. The van der Waals surface area contributed by atoms with E-state index in [2.05, 4.69) is 5.32 Å². The Morgan fingerprint density at radius 1 is 1.44 bits per heavy atom. The van der Waals surface area contributed by atoms with Crippen molar-refractivity contribution in [1.29, 1.82) is 0 Å². The zero-order valence-corrected chi connectivity index (χ0v) is 10.2. The van der Waals surface area contributed by atoms with Gasteiger partial charge in [-0.2, -0.15) is 0 Å². The molecule has 7 heteroatoms. The minimum absolute atomic E-state index is 0.107. The topological polar surface area (TPSA) is 84.2 Å². The minimum atomic E-state index is -0.902. The third-order valence-electron chi connectivity index (χ3n) is 1.63. The maximum Gasteiger partial charge on any atom is 0.318 e. The molecule has 0 heterocycles. The summed E-state index contributed by atoms with van der Waals surface area (Å²) in [7, 11) is 0. The van der Waals surface area contributed by atoms with Gasteiger partial charge < -0.3 is 11.1 Å². The maximum absolute atomic E-state index is 12.7. The van der Waals surface area contributed by atoms with Gasteiger partial charge in [-0.05, 0) is 40.8 Å². The summed E-state index contributed by atoms with van der Waals surface area (Å²) >= 11 is 1.93. The Morgan fingerprint density at radius 2 is 2.12 bits per heavy atom. The largest absolute Gasteiger partial charge is 0.375 e. The Kier molecular flexibility index (Phi) is 4.47. The number of halogens is 2. The van der Waals surface area contributed by atoms with Gasteiger partial charge in [0.1, 0.15) is 5.82 Å². The van der Waals surface area contributed by atoms with E-state index < -0.39 is 11.9 Å². The predicted molar refractivity (Wildman–Crippen MR) is 65.3 cm³/mol. The molecule has 0 bridgehead atoms. The Balaban J connectivity index is 2.54. The van der Waals surface area contributed by atoms with Gasteiger partial charge >= 0.3 is 6.03 Å². The first-order chi connectivity index (χ1) is 7.49. The van der Waals surface area contributed by atoms with E-state index in [1.54, 1.807) is 0 Å². The van der Waals surface area contributed by atoms with E-state index in [4.69, 9.17) is 5.73 Å². The number of urea groups is 1. The molecule has 0 aliphatic carbocycles. The Hall–Kier alpha value is -1.38. The van der Waals surface area contributed by atoms with E-state index >= 15 is 0 Å². The fraction of sp³-hybridized carbons (Fsp3) is 0.111. The molecule has 0 aliphatic heterocycles. The molecular formula is C9H9FIN3O2. The van der Waals surface area contributed by atoms with E-state index in [9.17, 15) is 14.0 Å². The quantitative estimate of drug-likeness (QED) is 0.721. The van der Waals surface area contributed by atoms with Crippen LogP contribution in [-0.4, -0.2) is 18.5 Å². The lowest BCUT2D eigenvalue weighted by molar-refractivity contribution is -0.118. The molecule has 0 aromatic heterocycles. The van der Waals surface area contributed by atoms with Gasteiger partial charge in [0.2, 0.25) is 5.91 Å². The standard InChI is InChI=1S/C9H9FIN3O2/c10-5-1-2-7(6(11)3-5)13-4-8(15)14-9(12)16/h1-3,13H,4H2,(H3,12,14,15,16). The average molecular weight is 337 g/mol. The summed E-state index contributed by atoms with van der Waals surface area (Å²) in [6, 6.07) is 3.21. The summed E-state index contributed by atoms with van der Waals surface area (Å²) in [6.07, 6.45) is 0. The van der Waals surface area contributed by atoms with Crippen LogP contribution in [0.15, 0.2) is 18.2 Å². The number of anilines is 1. The fourth-order valence-corrected chi connectivity index (χ4v) is 1.66. The smallest absolute Gasteiger partial charge is 0.318 e. The van der Waals surface area contributed by atoms with Crippen molar-refractivity contribution >= 4 is 40.2 Å². The highest BCUT2D eigenvalue weighted by molar-refractivity contribution is 14.1. The molecule has 0 spiro atoms. The van der Waals surface area contributed by atoms with E-state index in [0.717, 1.165) is 0 Å². The molecule has 0 atom stereocenters. The number of primary amides is 1. The molecule has 16 heavy (non-hydrogen) atoms. The van der Waals surface area contributed by atoms with Crippen LogP contribution in [0.25, 0.3) is 0 Å². The molecule has 5 nitrogen and oxygen atoms in total. The van der Waals surface area contributed by atoms with Crippen molar-refractivity contribution in [3.63, 3.8) is 0 Å². The molecule has 1 aromatic rings. The third kappa shape index (κ3) is 4.01. The van der Waals surface area contributed by atoms with Gasteiger partial charge in [0.05, 0.1) is 6.54 Å². The Morgan fingerprint density at radius 3 is 2.69 bits per heavy atom. The van der Waals surface area contributed by atoms with Crippen LogP contribution in [0, 0.1) is 9.39 Å². The summed E-state index contributed by atoms with van der Waals surface area (Å²) in [5.74, 6) is -0.899. The van der Waals surface area contributed by atoms with Gasteiger partial charge in [-0.15, -0.1) is 0 Å². The number of rotatable bonds is 3. The van der Waals surface area contributed by atoms with Crippen LogP contribution in [0.2, 0.25) is 0 Å². The summed E-state index contributed by atoms with van der Waals surface area (Å²) in [6.45, 7) is -0.107. The van der Waals surface area contributed by atoms with Crippen molar-refractivity contribution in [1.82, 2.24) is 5.32 Å². The minimum Gasteiger partial charge on any atom is -0.375 e. The van der Waals surface area contributed by atoms with Crippen molar-refractivity contribution in [2.24, 2.45) is 5.73 Å². The van der Waals surface area contributed by atoms with Crippen molar-refractivity contribution < 1.29 is 14.0 Å². The van der Waals surface area contributed by atoms with Crippen molar-refractivity contribution in [2.45, 2.75) is 0 Å². The molecule has 0 unspecified atom stereocenters. The Bertz CT molecular complexity index is 425. The predicted octanol–water partition coefficient (Wildman–Crippen LogP) is 1.04. The number of carbonyl (C=O) groups excluding carboxylic acids is 2. The van der Waals surface area contributed by atoms with Gasteiger partial charge in [0.15, 0.2) is 0 Å². The molecule has 0 saturated carbocycles. The fourth-order valence-electron chi connectivity index (χ4n) is 0.990. The number of benzene rings is 1. The number of nitrogens with one attached hydrogen (secondary N) is 2. The number of amides is 3. The highest BCUT2D eigenvalue weighted by Gasteiger charge is 2.05. The van der Waals surface area contributed by atoms with Gasteiger partial charge in [-0.25, -0.2) is 9.18 Å². The van der Waals surface area contributed by atoms with Crippen molar-refractivity contribution in [2.75, 3.05) is 11.9 Å². The van der Waals surface area contributed by atoms with Gasteiger partial charge in [-0.1, -0.05) is 0 Å². The maximum atomic E-state index is 12.7. The van der Waals surface area contributed by atoms with Gasteiger partial charge in [0, 0.05) is 9.26 Å². The third-order valence-corrected chi connectivity index (χ3v) is 2.53. The molecule has 0 saturated heterocycles. The SMILES string of the molecule is NC(=O)NC(=O)CNc1ccc(F)cc1I. The molecule has 0 radical (unpaired) electrons. The number of carbonyl (C=O) groups is 2. The second-order valence-corrected chi connectivity index (χ2v) is 4.05. The monoisotopic (exact) mass is 337 g/mol. The second-order valence-electron chi connectivity index (χ2n) is 2.89. The average Bonchev–Trinajstić information content (AvgIpc) is 2.15. The zero-order valence-electron chi connectivity index (χ0n) is 8.09. The lowest BCUT2D eigenvalue weighted by Crippen LogP contribution is -2.38. The van der Waals surface area contributed by atoms with Crippen LogP contribution < -0.4 is 16.4 Å². The van der Waals surface area contributed by atoms with Crippen LogP contribution in [0.1, 0.15) is 0 Å². The second kappa shape index (κ2) is 5.64. The van der Waals surface area contributed by atoms with E-state index in [1.807, 2.05) is 27.9 Å². The molecule has 4 N–H and O–H groups in total. The molecule has 86 valence electrons. The van der Waals surface area contributed by atoms with Crippen molar-refractivity contribution in [3.05, 3.63) is 27.6 Å². The number of hydrogen-bond donors (Lipinski definition) is 3. The molecule has 3 amide bonds. The highest BCUT2D eigenvalue weighted by atomic mass is 127. The summed E-state index contributed by atoms with van der Waals surface area (Å²) in [5, 5.41) is 4.66. The van der Waals surface area contributed by atoms with E-state index in [-0.39, 0.29) is 12.4 Å². The first-order valence-corrected chi connectivity index (χ1v) is 5.35.